The molecule has 3 heteroatoms. The maximum Gasteiger partial charge on any atom is 0.146 e. The van der Waals surface area contributed by atoms with Crippen LogP contribution >= 0.6 is 0 Å². The van der Waals surface area contributed by atoms with E-state index in [-0.39, 0.29) is 11.9 Å². The Hall–Kier alpha value is -1.09. The van der Waals surface area contributed by atoms with Crippen LogP contribution in [-0.2, 0) is 0 Å². The lowest BCUT2D eigenvalue weighted by Crippen LogP contribution is -2.37. The van der Waals surface area contributed by atoms with Gasteiger partial charge in [0.05, 0.1) is 5.69 Å². The molecule has 0 radical (unpaired) electrons. The molecule has 2 unspecified atom stereocenters. The second-order valence-corrected chi connectivity index (χ2v) is 5.39. The van der Waals surface area contributed by atoms with E-state index in [4.69, 9.17) is 5.73 Å². The quantitative estimate of drug-likeness (QED) is 0.835. The zero-order chi connectivity index (χ0) is 13.0. The first-order chi connectivity index (χ1) is 8.68. The van der Waals surface area contributed by atoms with Crippen LogP contribution in [0.3, 0.4) is 0 Å². The van der Waals surface area contributed by atoms with E-state index in [9.17, 15) is 4.39 Å². The minimum atomic E-state index is -0.151. The van der Waals surface area contributed by atoms with Crippen LogP contribution in [0.25, 0.3) is 0 Å². The summed E-state index contributed by atoms with van der Waals surface area (Å²) < 4.78 is 13.7. The van der Waals surface area contributed by atoms with Gasteiger partial charge < -0.3 is 10.6 Å². The molecule has 1 aliphatic carbocycles. The standard InChI is InChI=1S/C15H23FN2/c1-18(15-10-6-5-8-13(15)16)11-12-7-3-2-4-9-14(12)17/h5-6,8,10,12,14H,2-4,7,9,11,17H2,1H3. The van der Waals surface area contributed by atoms with E-state index in [1.807, 2.05) is 24.1 Å². The SMILES string of the molecule is CN(CC1CCCCCC1N)c1ccccc1F. The van der Waals surface area contributed by atoms with Crippen molar-refractivity contribution in [2.24, 2.45) is 11.7 Å². The Morgan fingerprint density at radius 3 is 2.72 bits per heavy atom. The Balaban J connectivity index is 2.02. The molecule has 2 N–H and O–H groups in total. The van der Waals surface area contributed by atoms with Gasteiger partial charge in [0.2, 0.25) is 0 Å². The molecule has 1 aromatic carbocycles. The van der Waals surface area contributed by atoms with Crippen LogP contribution in [0.5, 0.6) is 0 Å². The van der Waals surface area contributed by atoms with Crippen molar-refractivity contribution in [3.63, 3.8) is 0 Å². The average Bonchev–Trinajstić information content (AvgIpc) is 2.55. The zero-order valence-electron chi connectivity index (χ0n) is 11.1. The highest BCUT2D eigenvalue weighted by atomic mass is 19.1. The van der Waals surface area contributed by atoms with Gasteiger partial charge in [-0.2, -0.15) is 0 Å². The molecule has 1 aliphatic rings. The van der Waals surface area contributed by atoms with Crippen LogP contribution < -0.4 is 10.6 Å². The Kier molecular flexibility index (Phi) is 4.59. The summed E-state index contributed by atoms with van der Waals surface area (Å²) in [6.07, 6.45) is 6.05. The van der Waals surface area contributed by atoms with E-state index < -0.39 is 0 Å². The van der Waals surface area contributed by atoms with Gasteiger partial charge in [0.15, 0.2) is 0 Å². The van der Waals surface area contributed by atoms with Crippen LogP contribution in [0.2, 0.25) is 0 Å². The Morgan fingerprint density at radius 2 is 1.94 bits per heavy atom. The van der Waals surface area contributed by atoms with Crippen molar-refractivity contribution >= 4 is 5.69 Å². The van der Waals surface area contributed by atoms with Gasteiger partial charge in [-0.15, -0.1) is 0 Å². The molecular weight excluding hydrogens is 227 g/mol. The van der Waals surface area contributed by atoms with Gasteiger partial charge in [0.1, 0.15) is 5.82 Å². The normalized spacial score (nSPS) is 24.6. The molecule has 18 heavy (non-hydrogen) atoms. The van der Waals surface area contributed by atoms with Crippen molar-refractivity contribution in [3.05, 3.63) is 30.1 Å². The van der Waals surface area contributed by atoms with Crippen LogP contribution in [0, 0.1) is 11.7 Å². The molecule has 2 atom stereocenters. The lowest BCUT2D eigenvalue weighted by atomic mass is 9.95. The zero-order valence-corrected chi connectivity index (χ0v) is 11.1. The van der Waals surface area contributed by atoms with E-state index >= 15 is 0 Å². The summed E-state index contributed by atoms with van der Waals surface area (Å²) in [6, 6.07) is 7.21. The first-order valence-electron chi connectivity index (χ1n) is 6.89. The number of hydrogen-bond acceptors (Lipinski definition) is 2. The van der Waals surface area contributed by atoms with Crippen LogP contribution in [0.15, 0.2) is 24.3 Å². The fourth-order valence-electron chi connectivity index (χ4n) is 2.85. The van der Waals surface area contributed by atoms with Crippen molar-refractivity contribution in [1.29, 1.82) is 0 Å². The van der Waals surface area contributed by atoms with Crippen LogP contribution in [-0.4, -0.2) is 19.6 Å². The van der Waals surface area contributed by atoms with Crippen LogP contribution in [0.1, 0.15) is 32.1 Å². The summed E-state index contributed by atoms with van der Waals surface area (Å²) in [7, 11) is 1.95. The molecule has 2 nitrogen and oxygen atoms in total. The average molecular weight is 250 g/mol. The maximum atomic E-state index is 13.7. The topological polar surface area (TPSA) is 29.3 Å². The van der Waals surface area contributed by atoms with Crippen molar-refractivity contribution < 1.29 is 4.39 Å². The van der Waals surface area contributed by atoms with Crippen molar-refractivity contribution in [1.82, 2.24) is 0 Å². The lowest BCUT2D eigenvalue weighted by molar-refractivity contribution is 0.400. The van der Waals surface area contributed by atoms with E-state index in [0.717, 1.165) is 13.0 Å². The lowest BCUT2D eigenvalue weighted by Gasteiger charge is -2.28. The number of halogens is 1. The molecule has 2 rings (SSSR count). The minimum absolute atomic E-state index is 0.151. The van der Waals surface area contributed by atoms with Crippen molar-refractivity contribution in [3.8, 4) is 0 Å². The highest BCUT2D eigenvalue weighted by Gasteiger charge is 2.22. The smallest absolute Gasteiger partial charge is 0.146 e. The summed E-state index contributed by atoms with van der Waals surface area (Å²) in [4.78, 5) is 2.01. The first kappa shape index (κ1) is 13.3. The predicted molar refractivity (Wildman–Crippen MR) is 74.2 cm³/mol. The number of benzene rings is 1. The summed E-state index contributed by atoms with van der Waals surface area (Å²) in [5.41, 5.74) is 6.90. The molecule has 0 aromatic heterocycles. The van der Waals surface area contributed by atoms with Crippen molar-refractivity contribution in [2.45, 2.75) is 38.1 Å². The van der Waals surface area contributed by atoms with Crippen LogP contribution in [0.4, 0.5) is 10.1 Å². The second-order valence-electron chi connectivity index (χ2n) is 5.39. The maximum absolute atomic E-state index is 13.7. The van der Waals surface area contributed by atoms with E-state index in [2.05, 4.69) is 0 Å². The van der Waals surface area contributed by atoms with Gasteiger partial charge in [-0.05, 0) is 30.9 Å². The van der Waals surface area contributed by atoms with Gasteiger partial charge in [0, 0.05) is 19.6 Å². The largest absolute Gasteiger partial charge is 0.372 e. The van der Waals surface area contributed by atoms with E-state index in [1.165, 1.54) is 31.7 Å². The Morgan fingerprint density at radius 1 is 1.22 bits per heavy atom. The molecule has 1 fully saturated rings. The Labute approximate surface area is 109 Å². The van der Waals surface area contributed by atoms with Gasteiger partial charge in [0.25, 0.3) is 0 Å². The molecule has 100 valence electrons. The fourth-order valence-corrected chi connectivity index (χ4v) is 2.85. The molecule has 0 bridgehead atoms. The highest BCUT2D eigenvalue weighted by Crippen LogP contribution is 2.25. The number of para-hydroxylation sites is 1. The first-order valence-corrected chi connectivity index (χ1v) is 6.89. The number of nitrogens with zero attached hydrogens (tertiary/aromatic N) is 1. The second kappa shape index (κ2) is 6.19. The Bertz CT molecular complexity index is 381. The molecule has 1 saturated carbocycles. The number of nitrogens with two attached hydrogens (primary N) is 1. The number of rotatable bonds is 3. The van der Waals surface area contributed by atoms with Gasteiger partial charge in [-0.25, -0.2) is 4.39 Å². The molecule has 1 aromatic rings. The third-order valence-electron chi connectivity index (χ3n) is 3.99. The molecule has 0 saturated heterocycles. The van der Waals surface area contributed by atoms with Gasteiger partial charge in [-0.3, -0.25) is 0 Å². The molecule has 0 heterocycles. The number of hydrogen-bond donors (Lipinski definition) is 1. The summed E-state index contributed by atoms with van der Waals surface area (Å²) in [6.45, 7) is 0.849. The summed E-state index contributed by atoms with van der Waals surface area (Å²) in [5, 5.41) is 0. The van der Waals surface area contributed by atoms with E-state index in [1.54, 1.807) is 6.07 Å². The molecule has 0 spiro atoms. The number of anilines is 1. The summed E-state index contributed by atoms with van der Waals surface area (Å²) in [5.74, 6) is 0.333. The van der Waals surface area contributed by atoms with E-state index in [0.29, 0.717) is 11.6 Å². The van der Waals surface area contributed by atoms with Crippen molar-refractivity contribution in [2.75, 3.05) is 18.5 Å². The molecule has 0 aliphatic heterocycles. The predicted octanol–water partition coefficient (Wildman–Crippen LogP) is 3.17. The fraction of sp³-hybridized carbons (Fsp3) is 0.600. The monoisotopic (exact) mass is 250 g/mol. The third-order valence-corrected chi connectivity index (χ3v) is 3.99. The van der Waals surface area contributed by atoms with Gasteiger partial charge >= 0.3 is 0 Å². The third kappa shape index (κ3) is 3.22. The summed E-state index contributed by atoms with van der Waals surface area (Å²) >= 11 is 0. The van der Waals surface area contributed by atoms with Gasteiger partial charge in [-0.1, -0.05) is 31.4 Å². The molecule has 0 amide bonds. The minimum Gasteiger partial charge on any atom is -0.372 e. The molecular formula is C15H23FN2. The highest BCUT2D eigenvalue weighted by molar-refractivity contribution is 5.46.